The van der Waals surface area contributed by atoms with E-state index in [0.29, 0.717) is 36.1 Å². The zero-order valence-corrected chi connectivity index (χ0v) is 15.6. The smallest absolute Gasteiger partial charge is 0.254 e. The molecule has 24 heavy (non-hydrogen) atoms. The van der Waals surface area contributed by atoms with E-state index in [0.717, 1.165) is 25.8 Å². The third kappa shape index (κ3) is 5.56. The quantitative estimate of drug-likeness (QED) is 0.850. The second kappa shape index (κ2) is 9.74. The van der Waals surface area contributed by atoms with Crippen molar-refractivity contribution in [2.24, 2.45) is 11.7 Å². The molecular weight excluding hydrogens is 328 g/mol. The van der Waals surface area contributed by atoms with Crippen molar-refractivity contribution in [1.29, 1.82) is 0 Å². The van der Waals surface area contributed by atoms with Gasteiger partial charge in [-0.05, 0) is 43.4 Å². The monoisotopic (exact) mass is 356 g/mol. The molecule has 1 saturated heterocycles. The van der Waals surface area contributed by atoms with Gasteiger partial charge < -0.3 is 20.1 Å². The minimum absolute atomic E-state index is 0. The number of nitrogens with zero attached hydrogens (tertiary/aromatic N) is 1. The summed E-state index contributed by atoms with van der Waals surface area (Å²) >= 11 is 0. The highest BCUT2D eigenvalue weighted by molar-refractivity contribution is 5.95. The Morgan fingerprint density at radius 1 is 1.38 bits per heavy atom. The highest BCUT2D eigenvalue weighted by atomic mass is 35.5. The number of ether oxygens (including phenoxy) is 2. The molecule has 0 aromatic heterocycles. The Bertz CT molecular complexity index is 537. The fourth-order valence-electron chi connectivity index (χ4n) is 2.70. The van der Waals surface area contributed by atoms with Crippen LogP contribution in [0.3, 0.4) is 0 Å². The third-order valence-corrected chi connectivity index (χ3v) is 4.11. The molecule has 1 aliphatic rings. The van der Waals surface area contributed by atoms with Gasteiger partial charge in [0.15, 0.2) is 11.5 Å². The Morgan fingerprint density at radius 2 is 2.12 bits per heavy atom. The Hall–Kier alpha value is -1.46. The lowest BCUT2D eigenvalue weighted by Crippen LogP contribution is -2.45. The maximum atomic E-state index is 12.6. The van der Waals surface area contributed by atoms with Crippen molar-refractivity contribution >= 4 is 18.3 Å². The molecule has 6 heteroatoms. The van der Waals surface area contributed by atoms with Crippen LogP contribution in [0.2, 0.25) is 0 Å². The fraction of sp³-hybridized carbons (Fsp3) is 0.611. The molecule has 5 nitrogen and oxygen atoms in total. The Labute approximate surface area is 150 Å². The van der Waals surface area contributed by atoms with Crippen LogP contribution in [-0.4, -0.2) is 43.7 Å². The summed E-state index contributed by atoms with van der Waals surface area (Å²) in [5, 5.41) is 0. The standard InChI is InChI=1S/C18H28N2O3.ClH/c1-13(2)8-10-23-16-7-6-14(11-17(16)22-3)18(21)20-9-4-5-15(19)12-20;/h6-7,11,13,15H,4-5,8-10,12,19H2,1-3H3;1H. The van der Waals surface area contributed by atoms with Crippen LogP contribution in [0.4, 0.5) is 0 Å². The summed E-state index contributed by atoms with van der Waals surface area (Å²) in [7, 11) is 1.59. The average molecular weight is 357 g/mol. The Kier molecular flexibility index (Phi) is 8.36. The number of rotatable bonds is 6. The predicted molar refractivity (Wildman–Crippen MR) is 98.3 cm³/mol. The predicted octanol–water partition coefficient (Wildman–Crippen LogP) is 3.11. The molecule has 1 atom stereocenters. The number of hydrogen-bond acceptors (Lipinski definition) is 4. The molecule has 0 spiro atoms. The summed E-state index contributed by atoms with van der Waals surface area (Å²) in [5.41, 5.74) is 6.58. The molecule has 1 fully saturated rings. The third-order valence-electron chi connectivity index (χ3n) is 4.11. The van der Waals surface area contributed by atoms with Gasteiger partial charge in [0.1, 0.15) is 0 Å². The van der Waals surface area contributed by atoms with Gasteiger partial charge in [0, 0.05) is 24.7 Å². The van der Waals surface area contributed by atoms with E-state index in [1.807, 2.05) is 11.0 Å². The maximum Gasteiger partial charge on any atom is 0.254 e. The molecular formula is C18H29ClN2O3. The number of hydrogen-bond donors (Lipinski definition) is 1. The number of carbonyl (C=O) groups excluding carboxylic acids is 1. The molecule has 1 aromatic rings. The van der Waals surface area contributed by atoms with Crippen LogP contribution < -0.4 is 15.2 Å². The highest BCUT2D eigenvalue weighted by Crippen LogP contribution is 2.29. The number of carbonyl (C=O) groups is 1. The van der Waals surface area contributed by atoms with E-state index >= 15 is 0 Å². The largest absolute Gasteiger partial charge is 0.493 e. The van der Waals surface area contributed by atoms with Crippen molar-refractivity contribution in [3.05, 3.63) is 23.8 Å². The molecule has 2 rings (SSSR count). The molecule has 1 aromatic carbocycles. The van der Waals surface area contributed by atoms with E-state index in [1.165, 1.54) is 0 Å². The van der Waals surface area contributed by atoms with Crippen molar-refractivity contribution < 1.29 is 14.3 Å². The van der Waals surface area contributed by atoms with Crippen LogP contribution in [0.25, 0.3) is 0 Å². The summed E-state index contributed by atoms with van der Waals surface area (Å²) < 4.78 is 11.1. The van der Waals surface area contributed by atoms with Gasteiger partial charge in [0.05, 0.1) is 13.7 Å². The van der Waals surface area contributed by atoms with Gasteiger partial charge >= 0.3 is 0 Å². The number of piperidine rings is 1. The molecule has 2 N–H and O–H groups in total. The van der Waals surface area contributed by atoms with Crippen LogP contribution in [0.5, 0.6) is 11.5 Å². The van der Waals surface area contributed by atoms with Gasteiger partial charge in [0.2, 0.25) is 0 Å². The zero-order valence-electron chi connectivity index (χ0n) is 14.8. The average Bonchev–Trinajstić information content (AvgIpc) is 2.54. The van der Waals surface area contributed by atoms with E-state index in [9.17, 15) is 4.79 Å². The number of benzene rings is 1. The van der Waals surface area contributed by atoms with Gasteiger partial charge in [-0.15, -0.1) is 12.4 Å². The SMILES string of the molecule is COc1cc(C(=O)N2CCCC(N)C2)ccc1OCCC(C)C.Cl. The minimum atomic E-state index is 0. The van der Waals surface area contributed by atoms with Crippen molar-refractivity contribution in [2.45, 2.75) is 39.2 Å². The van der Waals surface area contributed by atoms with Crippen LogP contribution in [0.1, 0.15) is 43.5 Å². The topological polar surface area (TPSA) is 64.8 Å². The van der Waals surface area contributed by atoms with E-state index < -0.39 is 0 Å². The summed E-state index contributed by atoms with van der Waals surface area (Å²) in [4.78, 5) is 14.4. The summed E-state index contributed by atoms with van der Waals surface area (Å²) in [6.07, 6.45) is 2.92. The lowest BCUT2D eigenvalue weighted by Gasteiger charge is -2.31. The van der Waals surface area contributed by atoms with Crippen molar-refractivity contribution in [1.82, 2.24) is 4.90 Å². The normalized spacial score (nSPS) is 17.4. The lowest BCUT2D eigenvalue weighted by atomic mass is 10.1. The first-order valence-corrected chi connectivity index (χ1v) is 8.37. The second-order valence-corrected chi connectivity index (χ2v) is 6.55. The van der Waals surface area contributed by atoms with Crippen molar-refractivity contribution in [3.63, 3.8) is 0 Å². The molecule has 0 aliphatic carbocycles. The van der Waals surface area contributed by atoms with Gasteiger partial charge in [0.25, 0.3) is 5.91 Å². The molecule has 0 saturated carbocycles. The van der Waals surface area contributed by atoms with E-state index in [2.05, 4.69) is 13.8 Å². The van der Waals surface area contributed by atoms with Gasteiger partial charge in [-0.3, -0.25) is 4.79 Å². The highest BCUT2D eigenvalue weighted by Gasteiger charge is 2.23. The first kappa shape index (κ1) is 20.6. The summed E-state index contributed by atoms with van der Waals surface area (Å²) in [5.74, 6) is 1.87. The van der Waals surface area contributed by atoms with E-state index in [1.54, 1.807) is 19.2 Å². The number of amides is 1. The Morgan fingerprint density at radius 3 is 2.75 bits per heavy atom. The van der Waals surface area contributed by atoms with Gasteiger partial charge in [-0.2, -0.15) is 0 Å². The second-order valence-electron chi connectivity index (χ2n) is 6.55. The molecule has 1 unspecified atom stereocenters. The van der Waals surface area contributed by atoms with Crippen molar-refractivity contribution in [2.75, 3.05) is 26.8 Å². The zero-order chi connectivity index (χ0) is 16.8. The molecule has 136 valence electrons. The van der Waals surface area contributed by atoms with E-state index in [4.69, 9.17) is 15.2 Å². The summed E-state index contributed by atoms with van der Waals surface area (Å²) in [6.45, 7) is 6.34. The van der Waals surface area contributed by atoms with Crippen LogP contribution in [0.15, 0.2) is 18.2 Å². The minimum Gasteiger partial charge on any atom is -0.493 e. The maximum absolute atomic E-state index is 12.6. The Balaban J connectivity index is 0.00000288. The van der Waals surface area contributed by atoms with Gasteiger partial charge in [-0.1, -0.05) is 13.8 Å². The van der Waals surface area contributed by atoms with Crippen LogP contribution >= 0.6 is 12.4 Å². The molecule has 1 amide bonds. The molecule has 1 aliphatic heterocycles. The number of methoxy groups -OCH3 is 1. The summed E-state index contributed by atoms with van der Waals surface area (Å²) in [6, 6.07) is 5.45. The van der Waals surface area contributed by atoms with Crippen LogP contribution in [-0.2, 0) is 0 Å². The van der Waals surface area contributed by atoms with Crippen molar-refractivity contribution in [3.8, 4) is 11.5 Å². The molecule has 0 bridgehead atoms. The number of halogens is 1. The number of nitrogens with two attached hydrogens (primary N) is 1. The first-order valence-electron chi connectivity index (χ1n) is 8.37. The van der Waals surface area contributed by atoms with Crippen LogP contribution in [0, 0.1) is 5.92 Å². The lowest BCUT2D eigenvalue weighted by molar-refractivity contribution is 0.0708. The van der Waals surface area contributed by atoms with Gasteiger partial charge in [-0.25, -0.2) is 0 Å². The molecule has 0 radical (unpaired) electrons. The first-order chi connectivity index (χ1) is 11.0. The van der Waals surface area contributed by atoms with E-state index in [-0.39, 0.29) is 24.4 Å². The number of likely N-dealkylation sites (tertiary alicyclic amines) is 1. The fourth-order valence-corrected chi connectivity index (χ4v) is 2.70. The molecule has 1 heterocycles.